The molecule has 0 unspecified atom stereocenters. The molecule has 1 saturated heterocycles. The lowest BCUT2D eigenvalue weighted by Gasteiger charge is -2.32. The number of aliphatic hydroxyl groups is 1. The summed E-state index contributed by atoms with van der Waals surface area (Å²) in [5.74, 6) is 0.962. The van der Waals surface area contributed by atoms with Crippen LogP contribution in [0.5, 0.6) is 0 Å². The number of hydrogen-bond donors (Lipinski definition) is 1. The average Bonchev–Trinajstić information content (AvgIpc) is 2.87. The van der Waals surface area contributed by atoms with Gasteiger partial charge in [0.05, 0.1) is 31.2 Å². The highest BCUT2D eigenvalue weighted by atomic mass is 16.5. The minimum absolute atomic E-state index is 0.0923. The molecule has 1 aliphatic heterocycles. The van der Waals surface area contributed by atoms with E-state index in [1.54, 1.807) is 0 Å². The zero-order valence-corrected chi connectivity index (χ0v) is 11.7. The molecule has 3 rings (SSSR count). The molecular formula is C14H20N4O2. The standard InChI is InChI=1S/C14H20N4O2/c1-17-10-16-13-12(17)2-5-15-14(13)18-6-3-11(4-7-18)20-9-8-19/h2,5,10-11,19H,3-4,6-9H2,1H3. The zero-order chi connectivity index (χ0) is 13.9. The van der Waals surface area contributed by atoms with Gasteiger partial charge in [0.15, 0.2) is 5.82 Å². The second-order valence-electron chi connectivity index (χ2n) is 5.14. The summed E-state index contributed by atoms with van der Waals surface area (Å²) < 4.78 is 7.60. The third kappa shape index (κ3) is 2.48. The molecule has 1 fully saturated rings. The van der Waals surface area contributed by atoms with Crippen molar-refractivity contribution in [2.75, 3.05) is 31.2 Å². The van der Waals surface area contributed by atoms with Crippen LogP contribution in [-0.2, 0) is 11.8 Å². The van der Waals surface area contributed by atoms with E-state index in [9.17, 15) is 0 Å². The van der Waals surface area contributed by atoms with E-state index < -0.39 is 0 Å². The van der Waals surface area contributed by atoms with Gasteiger partial charge in [0, 0.05) is 26.3 Å². The van der Waals surface area contributed by atoms with E-state index in [-0.39, 0.29) is 12.7 Å². The van der Waals surface area contributed by atoms with Gasteiger partial charge in [0.25, 0.3) is 0 Å². The van der Waals surface area contributed by atoms with E-state index in [1.165, 1.54) is 0 Å². The molecule has 3 heterocycles. The number of ether oxygens (including phenoxy) is 1. The number of rotatable bonds is 4. The summed E-state index contributed by atoms with van der Waals surface area (Å²) in [7, 11) is 1.99. The fourth-order valence-electron chi connectivity index (χ4n) is 2.73. The van der Waals surface area contributed by atoms with E-state index in [4.69, 9.17) is 9.84 Å². The topological polar surface area (TPSA) is 63.4 Å². The highest BCUT2D eigenvalue weighted by molar-refractivity contribution is 5.86. The van der Waals surface area contributed by atoms with Crippen molar-refractivity contribution in [1.29, 1.82) is 0 Å². The summed E-state index contributed by atoms with van der Waals surface area (Å²) in [6, 6.07) is 1.99. The normalized spacial score (nSPS) is 17.0. The second-order valence-corrected chi connectivity index (χ2v) is 5.14. The minimum Gasteiger partial charge on any atom is -0.394 e. The van der Waals surface area contributed by atoms with Gasteiger partial charge >= 0.3 is 0 Å². The number of nitrogens with zero attached hydrogens (tertiary/aromatic N) is 4. The van der Waals surface area contributed by atoms with E-state index in [2.05, 4.69) is 14.9 Å². The Kier molecular flexibility index (Phi) is 3.84. The van der Waals surface area contributed by atoms with Gasteiger partial charge in [-0.15, -0.1) is 0 Å². The van der Waals surface area contributed by atoms with Crippen molar-refractivity contribution >= 4 is 16.9 Å². The Labute approximate surface area is 118 Å². The van der Waals surface area contributed by atoms with Crippen LogP contribution in [0, 0.1) is 0 Å². The Morgan fingerprint density at radius 3 is 2.90 bits per heavy atom. The van der Waals surface area contributed by atoms with Crippen LogP contribution in [0.3, 0.4) is 0 Å². The lowest BCUT2D eigenvalue weighted by Crippen LogP contribution is -2.38. The zero-order valence-electron chi connectivity index (χ0n) is 11.7. The highest BCUT2D eigenvalue weighted by Crippen LogP contribution is 2.25. The largest absolute Gasteiger partial charge is 0.394 e. The van der Waals surface area contributed by atoms with Crippen molar-refractivity contribution < 1.29 is 9.84 Å². The Balaban J connectivity index is 1.73. The van der Waals surface area contributed by atoms with Gasteiger partial charge < -0.3 is 19.3 Å². The Hall–Kier alpha value is -1.66. The Morgan fingerprint density at radius 1 is 1.35 bits per heavy atom. The van der Waals surface area contributed by atoms with Gasteiger partial charge in [-0.3, -0.25) is 0 Å². The van der Waals surface area contributed by atoms with Crippen LogP contribution in [0.1, 0.15) is 12.8 Å². The molecule has 0 spiro atoms. The molecule has 0 amide bonds. The summed E-state index contributed by atoms with van der Waals surface area (Å²) in [4.78, 5) is 11.2. The van der Waals surface area contributed by atoms with Crippen LogP contribution in [0.4, 0.5) is 5.82 Å². The van der Waals surface area contributed by atoms with E-state index >= 15 is 0 Å². The van der Waals surface area contributed by atoms with Gasteiger partial charge in [-0.25, -0.2) is 9.97 Å². The molecule has 0 aliphatic carbocycles. The van der Waals surface area contributed by atoms with Crippen LogP contribution in [0.15, 0.2) is 18.6 Å². The van der Waals surface area contributed by atoms with Crippen molar-refractivity contribution in [3.8, 4) is 0 Å². The number of hydrogen-bond acceptors (Lipinski definition) is 5. The number of aromatic nitrogens is 3. The lowest BCUT2D eigenvalue weighted by atomic mass is 10.1. The van der Waals surface area contributed by atoms with E-state index in [0.717, 1.165) is 42.8 Å². The third-order valence-electron chi connectivity index (χ3n) is 3.81. The van der Waals surface area contributed by atoms with Crippen molar-refractivity contribution in [3.05, 3.63) is 18.6 Å². The van der Waals surface area contributed by atoms with Crippen LogP contribution >= 0.6 is 0 Å². The molecule has 0 atom stereocenters. The van der Waals surface area contributed by atoms with E-state index in [1.807, 2.05) is 30.2 Å². The molecule has 0 saturated carbocycles. The molecule has 0 radical (unpaired) electrons. The van der Waals surface area contributed by atoms with Crippen molar-refractivity contribution in [1.82, 2.24) is 14.5 Å². The third-order valence-corrected chi connectivity index (χ3v) is 3.81. The van der Waals surface area contributed by atoms with Crippen LogP contribution in [-0.4, -0.2) is 52.0 Å². The number of pyridine rings is 1. The highest BCUT2D eigenvalue weighted by Gasteiger charge is 2.22. The van der Waals surface area contributed by atoms with Gasteiger partial charge in [-0.1, -0.05) is 0 Å². The Bertz CT molecular complexity index is 576. The summed E-state index contributed by atoms with van der Waals surface area (Å²) in [6.45, 7) is 2.35. The number of aryl methyl sites for hydroxylation is 1. The van der Waals surface area contributed by atoms with Crippen molar-refractivity contribution in [2.45, 2.75) is 18.9 Å². The first-order chi connectivity index (χ1) is 9.79. The molecule has 108 valence electrons. The predicted molar refractivity (Wildman–Crippen MR) is 76.8 cm³/mol. The fraction of sp³-hybridized carbons (Fsp3) is 0.571. The Morgan fingerprint density at radius 2 is 2.15 bits per heavy atom. The molecule has 0 aromatic carbocycles. The van der Waals surface area contributed by atoms with Gasteiger partial charge in [0.1, 0.15) is 5.52 Å². The quantitative estimate of drug-likeness (QED) is 0.900. The van der Waals surface area contributed by atoms with Crippen LogP contribution < -0.4 is 4.90 Å². The lowest BCUT2D eigenvalue weighted by molar-refractivity contribution is 0.0158. The first-order valence-electron chi connectivity index (χ1n) is 7.03. The maximum Gasteiger partial charge on any atom is 0.156 e. The molecule has 1 N–H and O–H groups in total. The predicted octanol–water partition coefficient (Wildman–Crippen LogP) is 0.946. The monoisotopic (exact) mass is 276 g/mol. The summed E-state index contributed by atoms with van der Waals surface area (Å²) in [5.41, 5.74) is 2.07. The molecule has 20 heavy (non-hydrogen) atoms. The van der Waals surface area contributed by atoms with Gasteiger partial charge in [-0.05, 0) is 18.9 Å². The smallest absolute Gasteiger partial charge is 0.156 e. The minimum atomic E-state index is 0.0923. The summed E-state index contributed by atoms with van der Waals surface area (Å²) in [6.07, 6.45) is 5.84. The fourth-order valence-corrected chi connectivity index (χ4v) is 2.73. The SMILES string of the molecule is Cn1cnc2c(N3CCC(OCCO)CC3)nccc21. The molecule has 1 aliphatic rings. The van der Waals surface area contributed by atoms with Crippen LogP contribution in [0.2, 0.25) is 0 Å². The number of piperidine rings is 1. The molecule has 2 aromatic rings. The second kappa shape index (κ2) is 5.76. The summed E-state index contributed by atoms with van der Waals surface area (Å²) in [5, 5.41) is 8.79. The first kappa shape index (κ1) is 13.3. The summed E-state index contributed by atoms with van der Waals surface area (Å²) >= 11 is 0. The maximum absolute atomic E-state index is 8.79. The molecular weight excluding hydrogens is 256 g/mol. The van der Waals surface area contributed by atoms with Gasteiger partial charge in [-0.2, -0.15) is 0 Å². The van der Waals surface area contributed by atoms with Crippen molar-refractivity contribution in [3.63, 3.8) is 0 Å². The molecule has 6 heteroatoms. The number of aliphatic hydroxyl groups excluding tert-OH is 1. The number of fused-ring (bicyclic) bond motifs is 1. The number of imidazole rings is 1. The number of anilines is 1. The van der Waals surface area contributed by atoms with E-state index in [0.29, 0.717) is 6.61 Å². The molecule has 2 aromatic heterocycles. The van der Waals surface area contributed by atoms with Gasteiger partial charge in [0.2, 0.25) is 0 Å². The van der Waals surface area contributed by atoms with Crippen molar-refractivity contribution in [2.24, 2.45) is 7.05 Å². The first-order valence-corrected chi connectivity index (χ1v) is 7.03. The molecule has 6 nitrogen and oxygen atoms in total. The average molecular weight is 276 g/mol. The molecule has 0 bridgehead atoms. The van der Waals surface area contributed by atoms with Crippen LogP contribution in [0.25, 0.3) is 11.0 Å². The maximum atomic E-state index is 8.79.